The fourth-order valence-electron chi connectivity index (χ4n) is 0.966. The summed E-state index contributed by atoms with van der Waals surface area (Å²) in [6, 6.07) is 6.32. The highest BCUT2D eigenvalue weighted by atomic mass is 79.9. The summed E-state index contributed by atoms with van der Waals surface area (Å²) in [5.74, 6) is -0.219. The zero-order valence-corrected chi connectivity index (χ0v) is 8.34. The van der Waals surface area contributed by atoms with E-state index in [1.54, 1.807) is 19.2 Å². The molecule has 0 aliphatic carbocycles. The van der Waals surface area contributed by atoms with Crippen molar-refractivity contribution in [3.8, 4) is 0 Å². The third kappa shape index (κ3) is 2.29. The van der Waals surface area contributed by atoms with Crippen LogP contribution in [0.5, 0.6) is 0 Å². The Hall–Kier alpha value is -0.410. The third-order valence-corrected chi connectivity index (χ3v) is 2.25. The van der Waals surface area contributed by atoms with Gasteiger partial charge in [0.25, 0.3) is 0 Å². The molecular formula is C9H10BrFO. The summed E-state index contributed by atoms with van der Waals surface area (Å²) in [5.41, 5.74) is 0.982. The normalized spacial score (nSPS) is 12.9. The lowest BCUT2D eigenvalue weighted by atomic mass is 10.1. The zero-order valence-electron chi connectivity index (χ0n) is 6.76. The van der Waals surface area contributed by atoms with Crippen LogP contribution in [0.1, 0.15) is 11.7 Å². The van der Waals surface area contributed by atoms with Crippen LogP contribution in [-0.2, 0) is 4.74 Å². The van der Waals surface area contributed by atoms with E-state index in [1.807, 2.05) is 0 Å². The van der Waals surface area contributed by atoms with Gasteiger partial charge in [0.05, 0.1) is 6.10 Å². The van der Waals surface area contributed by atoms with Crippen molar-refractivity contribution in [2.24, 2.45) is 0 Å². The minimum atomic E-state index is -0.219. The van der Waals surface area contributed by atoms with Crippen LogP contribution < -0.4 is 0 Å². The number of ether oxygens (including phenoxy) is 1. The van der Waals surface area contributed by atoms with Crippen LogP contribution in [0.2, 0.25) is 0 Å². The van der Waals surface area contributed by atoms with Gasteiger partial charge < -0.3 is 4.74 Å². The largest absolute Gasteiger partial charge is 0.376 e. The Balaban J connectivity index is 2.80. The summed E-state index contributed by atoms with van der Waals surface area (Å²) in [6.07, 6.45) is 0.00519. The van der Waals surface area contributed by atoms with Crippen LogP contribution in [0.4, 0.5) is 4.39 Å². The van der Waals surface area contributed by atoms with E-state index in [-0.39, 0.29) is 11.9 Å². The van der Waals surface area contributed by atoms with Crippen LogP contribution in [-0.4, -0.2) is 12.4 Å². The summed E-state index contributed by atoms with van der Waals surface area (Å²) >= 11 is 3.31. The second-order valence-electron chi connectivity index (χ2n) is 2.43. The molecule has 3 heteroatoms. The summed E-state index contributed by atoms with van der Waals surface area (Å²) in [4.78, 5) is 0. The van der Waals surface area contributed by atoms with E-state index in [2.05, 4.69) is 15.9 Å². The SMILES string of the molecule is CO[C@H](CBr)c1ccc(F)cc1. The molecule has 1 nitrogen and oxygen atoms in total. The van der Waals surface area contributed by atoms with Gasteiger partial charge in [0.2, 0.25) is 0 Å². The molecule has 1 aromatic carbocycles. The lowest BCUT2D eigenvalue weighted by Gasteiger charge is -2.11. The lowest BCUT2D eigenvalue weighted by molar-refractivity contribution is 0.124. The number of hydrogen-bond donors (Lipinski definition) is 0. The minimum absolute atomic E-state index is 0.00519. The van der Waals surface area contributed by atoms with Gasteiger partial charge in [0.15, 0.2) is 0 Å². The molecule has 0 saturated heterocycles. The summed E-state index contributed by atoms with van der Waals surface area (Å²) in [7, 11) is 1.63. The minimum Gasteiger partial charge on any atom is -0.376 e. The van der Waals surface area contributed by atoms with Crippen LogP contribution >= 0.6 is 15.9 Å². The molecular weight excluding hydrogens is 223 g/mol. The maximum Gasteiger partial charge on any atom is 0.123 e. The van der Waals surface area contributed by atoms with Crippen LogP contribution in [0.15, 0.2) is 24.3 Å². The van der Waals surface area contributed by atoms with Crippen molar-refractivity contribution < 1.29 is 9.13 Å². The van der Waals surface area contributed by atoms with Crippen molar-refractivity contribution in [2.45, 2.75) is 6.10 Å². The second kappa shape index (κ2) is 4.58. The molecule has 0 bridgehead atoms. The average molecular weight is 233 g/mol. The first kappa shape index (κ1) is 9.68. The molecule has 0 unspecified atom stereocenters. The highest BCUT2D eigenvalue weighted by Crippen LogP contribution is 2.18. The van der Waals surface area contributed by atoms with Gasteiger partial charge in [-0.3, -0.25) is 0 Å². The van der Waals surface area contributed by atoms with E-state index in [4.69, 9.17) is 4.74 Å². The van der Waals surface area contributed by atoms with E-state index in [0.29, 0.717) is 0 Å². The van der Waals surface area contributed by atoms with Crippen molar-refractivity contribution in [1.29, 1.82) is 0 Å². The van der Waals surface area contributed by atoms with Crippen molar-refractivity contribution in [3.63, 3.8) is 0 Å². The molecule has 0 N–H and O–H groups in total. The Morgan fingerprint density at radius 3 is 2.42 bits per heavy atom. The molecule has 0 spiro atoms. The number of halogens is 2. The first-order valence-corrected chi connectivity index (χ1v) is 4.74. The predicted octanol–water partition coefficient (Wildman–Crippen LogP) is 2.91. The standard InChI is InChI=1S/C9H10BrFO/c1-12-9(6-10)7-2-4-8(11)5-3-7/h2-5,9H,6H2,1H3/t9-/m1/s1. The maximum absolute atomic E-state index is 12.5. The lowest BCUT2D eigenvalue weighted by Crippen LogP contribution is -2.02. The summed E-state index contributed by atoms with van der Waals surface area (Å²) in [6.45, 7) is 0. The van der Waals surface area contributed by atoms with E-state index < -0.39 is 0 Å². The molecule has 1 rings (SSSR count). The fraction of sp³-hybridized carbons (Fsp3) is 0.333. The number of hydrogen-bond acceptors (Lipinski definition) is 1. The van der Waals surface area contributed by atoms with Gasteiger partial charge >= 0.3 is 0 Å². The monoisotopic (exact) mass is 232 g/mol. The van der Waals surface area contributed by atoms with Crippen molar-refractivity contribution in [2.75, 3.05) is 12.4 Å². The smallest absolute Gasteiger partial charge is 0.123 e. The Bertz CT molecular complexity index is 231. The quantitative estimate of drug-likeness (QED) is 0.729. The predicted molar refractivity (Wildman–Crippen MR) is 49.9 cm³/mol. The number of rotatable bonds is 3. The van der Waals surface area contributed by atoms with Crippen LogP contribution in [0.25, 0.3) is 0 Å². The van der Waals surface area contributed by atoms with Crippen molar-refractivity contribution >= 4 is 15.9 Å². The molecule has 0 saturated carbocycles. The molecule has 1 aromatic rings. The molecule has 66 valence electrons. The van der Waals surface area contributed by atoms with E-state index in [9.17, 15) is 4.39 Å². The summed E-state index contributed by atoms with van der Waals surface area (Å²) in [5, 5.41) is 0.717. The van der Waals surface area contributed by atoms with Gasteiger partial charge in [0, 0.05) is 12.4 Å². The molecule has 12 heavy (non-hydrogen) atoms. The van der Waals surface area contributed by atoms with E-state index in [0.717, 1.165) is 10.9 Å². The second-order valence-corrected chi connectivity index (χ2v) is 3.08. The number of alkyl halides is 1. The summed E-state index contributed by atoms with van der Waals surface area (Å²) < 4.78 is 17.7. The van der Waals surface area contributed by atoms with E-state index in [1.165, 1.54) is 12.1 Å². The van der Waals surface area contributed by atoms with Gasteiger partial charge in [-0.2, -0.15) is 0 Å². The first-order chi connectivity index (χ1) is 5.77. The molecule has 0 fully saturated rings. The number of methoxy groups -OCH3 is 1. The van der Waals surface area contributed by atoms with Crippen LogP contribution in [0, 0.1) is 5.82 Å². The van der Waals surface area contributed by atoms with Crippen LogP contribution in [0.3, 0.4) is 0 Å². The van der Waals surface area contributed by atoms with Gasteiger partial charge in [-0.05, 0) is 17.7 Å². The molecule has 1 atom stereocenters. The van der Waals surface area contributed by atoms with Gasteiger partial charge in [-0.25, -0.2) is 4.39 Å². The van der Waals surface area contributed by atoms with Gasteiger partial charge in [-0.15, -0.1) is 0 Å². The van der Waals surface area contributed by atoms with E-state index >= 15 is 0 Å². The fourth-order valence-corrected chi connectivity index (χ4v) is 1.60. The Kier molecular flexibility index (Phi) is 3.69. The topological polar surface area (TPSA) is 9.23 Å². The zero-order chi connectivity index (χ0) is 8.97. The average Bonchev–Trinajstić information content (AvgIpc) is 2.10. The Labute approximate surface area is 79.7 Å². The first-order valence-electron chi connectivity index (χ1n) is 3.62. The van der Waals surface area contributed by atoms with Gasteiger partial charge in [0.1, 0.15) is 5.82 Å². The Morgan fingerprint density at radius 1 is 1.42 bits per heavy atom. The Morgan fingerprint density at radius 2 is 2.00 bits per heavy atom. The highest BCUT2D eigenvalue weighted by molar-refractivity contribution is 9.09. The van der Waals surface area contributed by atoms with Crippen molar-refractivity contribution in [3.05, 3.63) is 35.6 Å². The molecule has 0 amide bonds. The molecule has 0 aliphatic heterocycles. The third-order valence-electron chi connectivity index (χ3n) is 1.67. The van der Waals surface area contributed by atoms with Crippen molar-refractivity contribution in [1.82, 2.24) is 0 Å². The number of benzene rings is 1. The maximum atomic E-state index is 12.5. The van der Waals surface area contributed by atoms with Gasteiger partial charge in [-0.1, -0.05) is 28.1 Å². The molecule has 0 aliphatic rings. The molecule has 0 radical (unpaired) electrons. The highest BCUT2D eigenvalue weighted by Gasteiger charge is 2.07. The molecule has 0 heterocycles. The molecule has 0 aromatic heterocycles.